The molecule has 0 atom stereocenters. The van der Waals surface area contributed by atoms with Crippen LogP contribution in [0.2, 0.25) is 0 Å². The predicted octanol–water partition coefficient (Wildman–Crippen LogP) is 5.40. The summed E-state index contributed by atoms with van der Waals surface area (Å²) in [6, 6.07) is 20.8. The molecule has 0 bridgehead atoms. The zero-order valence-electron chi connectivity index (χ0n) is 17.2. The molecule has 0 spiro atoms. The maximum atomic E-state index is 13.0. The Bertz CT molecular complexity index is 1070. The number of anilines is 3. The van der Waals surface area contributed by atoms with Gasteiger partial charge in [0, 0.05) is 29.2 Å². The van der Waals surface area contributed by atoms with Gasteiger partial charge in [-0.15, -0.1) is 0 Å². The molecule has 0 radical (unpaired) electrons. The maximum absolute atomic E-state index is 13.0. The van der Waals surface area contributed by atoms with Gasteiger partial charge in [0.1, 0.15) is 0 Å². The summed E-state index contributed by atoms with van der Waals surface area (Å²) in [5.74, 6) is -0.0219. The van der Waals surface area contributed by atoms with Crippen molar-refractivity contribution in [1.29, 1.82) is 0 Å². The molecule has 0 aromatic heterocycles. The van der Waals surface area contributed by atoms with Gasteiger partial charge in [-0.3, -0.25) is 4.79 Å². The number of hydrogen-bond donors (Lipinski definition) is 2. The van der Waals surface area contributed by atoms with E-state index in [0.717, 1.165) is 35.3 Å². The van der Waals surface area contributed by atoms with Crippen molar-refractivity contribution < 1.29 is 9.59 Å². The molecule has 3 aromatic carbocycles. The van der Waals surface area contributed by atoms with Crippen molar-refractivity contribution in [2.45, 2.75) is 26.7 Å². The second-order valence-electron chi connectivity index (χ2n) is 7.55. The summed E-state index contributed by atoms with van der Waals surface area (Å²) >= 11 is 0. The highest BCUT2D eigenvalue weighted by Gasteiger charge is 2.26. The van der Waals surface area contributed by atoms with Gasteiger partial charge in [-0.25, -0.2) is 4.79 Å². The molecule has 5 nitrogen and oxygen atoms in total. The second-order valence-corrected chi connectivity index (χ2v) is 7.55. The zero-order chi connectivity index (χ0) is 21.1. The number of urea groups is 1. The number of carbonyl (C=O) groups excluding carboxylic acids is 2. The number of rotatable bonds is 4. The Morgan fingerprint density at radius 2 is 1.57 bits per heavy atom. The van der Waals surface area contributed by atoms with Gasteiger partial charge >= 0.3 is 6.03 Å². The van der Waals surface area contributed by atoms with E-state index in [2.05, 4.69) is 17.6 Å². The van der Waals surface area contributed by atoms with Gasteiger partial charge < -0.3 is 15.5 Å². The Morgan fingerprint density at radius 3 is 2.27 bits per heavy atom. The van der Waals surface area contributed by atoms with E-state index < -0.39 is 0 Å². The van der Waals surface area contributed by atoms with Crippen LogP contribution in [0.4, 0.5) is 21.9 Å². The lowest BCUT2D eigenvalue weighted by atomic mass is 10.1. The largest absolute Gasteiger partial charge is 0.323 e. The number of nitrogens with one attached hydrogen (secondary N) is 2. The summed E-state index contributed by atoms with van der Waals surface area (Å²) < 4.78 is 0. The third kappa shape index (κ3) is 4.20. The molecule has 1 heterocycles. The normalized spacial score (nSPS) is 12.4. The van der Waals surface area contributed by atoms with Crippen molar-refractivity contribution in [3.8, 4) is 0 Å². The SMILES string of the molecule is CCc1ccc(NC(=O)Nc2ccc3c(c2)N(C(=O)c2ccc(C)cc2)CC3)cc1. The lowest BCUT2D eigenvalue weighted by Crippen LogP contribution is -2.29. The number of hydrogen-bond acceptors (Lipinski definition) is 2. The van der Waals surface area contributed by atoms with Crippen LogP contribution < -0.4 is 15.5 Å². The molecule has 30 heavy (non-hydrogen) atoms. The van der Waals surface area contributed by atoms with Crippen LogP contribution in [0.25, 0.3) is 0 Å². The summed E-state index contributed by atoms with van der Waals surface area (Å²) in [5.41, 5.74) is 6.36. The minimum Gasteiger partial charge on any atom is -0.308 e. The van der Waals surface area contributed by atoms with Crippen molar-refractivity contribution in [2.75, 3.05) is 22.1 Å². The Kier molecular flexibility index (Phi) is 5.53. The molecule has 3 aromatic rings. The highest BCUT2D eigenvalue weighted by Crippen LogP contribution is 2.32. The van der Waals surface area contributed by atoms with E-state index in [1.54, 1.807) is 4.90 Å². The molecule has 3 amide bonds. The molecule has 5 heteroatoms. The molecule has 1 aliphatic rings. The molecular weight excluding hydrogens is 374 g/mol. The van der Waals surface area contributed by atoms with Crippen LogP contribution in [0.5, 0.6) is 0 Å². The van der Waals surface area contributed by atoms with Gasteiger partial charge in [-0.2, -0.15) is 0 Å². The first kappa shape index (κ1) is 19.7. The fourth-order valence-electron chi connectivity index (χ4n) is 3.64. The summed E-state index contributed by atoms with van der Waals surface area (Å²) in [5, 5.41) is 5.71. The van der Waals surface area contributed by atoms with Crippen LogP contribution in [0, 0.1) is 6.92 Å². The van der Waals surface area contributed by atoms with E-state index in [4.69, 9.17) is 0 Å². The summed E-state index contributed by atoms with van der Waals surface area (Å²) in [4.78, 5) is 27.2. The van der Waals surface area contributed by atoms with Crippen LogP contribution >= 0.6 is 0 Å². The van der Waals surface area contributed by atoms with E-state index in [1.807, 2.05) is 73.7 Å². The van der Waals surface area contributed by atoms with Gasteiger partial charge in [0.05, 0.1) is 0 Å². The average Bonchev–Trinajstić information content (AvgIpc) is 3.17. The van der Waals surface area contributed by atoms with Gasteiger partial charge in [0.25, 0.3) is 5.91 Å². The average molecular weight is 399 g/mol. The summed E-state index contributed by atoms with van der Waals surface area (Å²) in [6.07, 6.45) is 1.77. The quantitative estimate of drug-likeness (QED) is 0.617. The van der Waals surface area contributed by atoms with Crippen molar-refractivity contribution in [2.24, 2.45) is 0 Å². The summed E-state index contributed by atoms with van der Waals surface area (Å²) in [7, 11) is 0. The topological polar surface area (TPSA) is 61.4 Å². The first-order valence-electron chi connectivity index (χ1n) is 10.2. The maximum Gasteiger partial charge on any atom is 0.323 e. The number of fused-ring (bicyclic) bond motifs is 1. The second kappa shape index (κ2) is 8.41. The van der Waals surface area contributed by atoms with Crippen molar-refractivity contribution in [3.63, 3.8) is 0 Å². The number of aryl methyl sites for hydroxylation is 2. The zero-order valence-corrected chi connectivity index (χ0v) is 17.2. The lowest BCUT2D eigenvalue weighted by molar-refractivity contribution is 0.0989. The third-order valence-electron chi connectivity index (χ3n) is 5.40. The molecule has 1 aliphatic heterocycles. The molecule has 2 N–H and O–H groups in total. The highest BCUT2D eigenvalue weighted by molar-refractivity contribution is 6.08. The van der Waals surface area contributed by atoms with Crippen LogP contribution in [-0.2, 0) is 12.8 Å². The minimum absolute atomic E-state index is 0.0219. The Balaban J connectivity index is 1.47. The molecular formula is C25H25N3O2. The molecule has 0 unspecified atom stereocenters. The molecule has 152 valence electrons. The lowest BCUT2D eigenvalue weighted by Gasteiger charge is -2.18. The third-order valence-corrected chi connectivity index (χ3v) is 5.40. The van der Waals surface area contributed by atoms with E-state index in [-0.39, 0.29) is 11.9 Å². The Morgan fingerprint density at radius 1 is 0.900 bits per heavy atom. The van der Waals surface area contributed by atoms with Gasteiger partial charge in [0.2, 0.25) is 0 Å². The first-order valence-corrected chi connectivity index (χ1v) is 10.2. The molecule has 0 aliphatic carbocycles. The number of nitrogens with zero attached hydrogens (tertiary/aromatic N) is 1. The Labute approximate surface area is 176 Å². The van der Waals surface area contributed by atoms with Crippen molar-refractivity contribution in [3.05, 3.63) is 89.0 Å². The van der Waals surface area contributed by atoms with E-state index in [1.165, 1.54) is 5.56 Å². The van der Waals surface area contributed by atoms with E-state index in [9.17, 15) is 9.59 Å². The summed E-state index contributed by atoms with van der Waals surface area (Å²) in [6.45, 7) is 4.73. The number of amides is 3. The standard InChI is InChI=1S/C25H25N3O2/c1-3-18-6-11-21(12-7-18)26-25(30)27-22-13-10-19-14-15-28(23(19)16-22)24(29)20-8-4-17(2)5-9-20/h4-13,16H,3,14-15H2,1-2H3,(H2,26,27,30). The monoisotopic (exact) mass is 399 g/mol. The molecule has 0 fully saturated rings. The van der Waals surface area contributed by atoms with Gasteiger partial charge in [-0.05, 0) is 67.3 Å². The number of benzene rings is 3. The van der Waals surface area contributed by atoms with Crippen LogP contribution in [0.15, 0.2) is 66.7 Å². The van der Waals surface area contributed by atoms with Gasteiger partial charge in [0.15, 0.2) is 0 Å². The molecule has 0 saturated carbocycles. The number of carbonyl (C=O) groups is 2. The Hall–Kier alpha value is -3.60. The smallest absolute Gasteiger partial charge is 0.308 e. The fourth-order valence-corrected chi connectivity index (χ4v) is 3.64. The highest BCUT2D eigenvalue weighted by atomic mass is 16.2. The molecule has 4 rings (SSSR count). The van der Waals surface area contributed by atoms with Crippen molar-refractivity contribution in [1.82, 2.24) is 0 Å². The minimum atomic E-state index is -0.311. The van der Waals surface area contributed by atoms with E-state index in [0.29, 0.717) is 17.8 Å². The molecule has 0 saturated heterocycles. The van der Waals surface area contributed by atoms with E-state index >= 15 is 0 Å². The van der Waals surface area contributed by atoms with Crippen LogP contribution in [0.1, 0.15) is 34.0 Å². The van der Waals surface area contributed by atoms with Crippen LogP contribution in [-0.4, -0.2) is 18.5 Å². The van der Waals surface area contributed by atoms with Crippen LogP contribution in [0.3, 0.4) is 0 Å². The van der Waals surface area contributed by atoms with Gasteiger partial charge in [-0.1, -0.05) is 42.8 Å². The van der Waals surface area contributed by atoms with Crippen molar-refractivity contribution >= 4 is 29.0 Å². The predicted molar refractivity (Wildman–Crippen MR) is 121 cm³/mol. The first-order chi connectivity index (χ1) is 14.5. The fraction of sp³-hybridized carbons (Fsp3) is 0.200.